The highest BCUT2D eigenvalue weighted by molar-refractivity contribution is 7.20. The molecular weight excluding hydrogens is 280 g/mol. The van der Waals surface area contributed by atoms with Crippen molar-refractivity contribution in [3.63, 3.8) is 0 Å². The van der Waals surface area contributed by atoms with Crippen LogP contribution in [-0.2, 0) is 0 Å². The highest BCUT2D eigenvalue weighted by atomic mass is 32.1. The molecule has 0 aliphatic rings. The number of carboxylic acids is 1. The molecule has 0 unspecified atom stereocenters. The van der Waals surface area contributed by atoms with Crippen molar-refractivity contribution in [2.45, 2.75) is 6.92 Å². The molecule has 0 amide bonds. The summed E-state index contributed by atoms with van der Waals surface area (Å²) < 4.78 is 1.24. The number of thiophene rings is 1. The summed E-state index contributed by atoms with van der Waals surface area (Å²) in [6.45, 7) is 5.95. The first-order chi connectivity index (χ1) is 10.1. The van der Waals surface area contributed by atoms with Crippen LogP contribution in [0.5, 0.6) is 0 Å². The molecule has 1 aromatic heterocycles. The molecule has 0 spiro atoms. The summed E-state index contributed by atoms with van der Waals surface area (Å²) in [5.41, 5.74) is 3.66. The van der Waals surface area contributed by atoms with Crippen LogP contribution in [0.25, 0.3) is 27.3 Å². The maximum atomic E-state index is 10.9. The Bertz CT molecular complexity index is 842. The van der Waals surface area contributed by atoms with Gasteiger partial charge in [-0.1, -0.05) is 30.9 Å². The molecule has 0 aliphatic carbocycles. The first-order valence-corrected chi connectivity index (χ1v) is 7.41. The number of hydrogen-bond acceptors (Lipinski definition) is 2. The van der Waals surface area contributed by atoms with Gasteiger partial charge < -0.3 is 5.11 Å². The van der Waals surface area contributed by atoms with E-state index in [4.69, 9.17) is 5.11 Å². The second-order valence-corrected chi connectivity index (χ2v) is 5.97. The molecule has 1 N–H and O–H groups in total. The minimum absolute atomic E-state index is 0.306. The second-order valence-electron chi connectivity index (χ2n) is 4.89. The average molecular weight is 294 g/mol. The largest absolute Gasteiger partial charge is 0.478 e. The van der Waals surface area contributed by atoms with Crippen molar-refractivity contribution in [3.8, 4) is 11.1 Å². The molecule has 0 saturated carbocycles. The summed E-state index contributed by atoms with van der Waals surface area (Å²) in [7, 11) is 0. The van der Waals surface area contributed by atoms with Crippen molar-refractivity contribution in [2.24, 2.45) is 0 Å². The lowest BCUT2D eigenvalue weighted by Gasteiger charge is -2.03. The summed E-state index contributed by atoms with van der Waals surface area (Å²) in [6.07, 6.45) is 1.89. The van der Waals surface area contributed by atoms with Crippen LogP contribution in [-0.4, -0.2) is 11.1 Å². The minimum Gasteiger partial charge on any atom is -0.478 e. The van der Waals surface area contributed by atoms with Crippen molar-refractivity contribution in [2.75, 3.05) is 0 Å². The van der Waals surface area contributed by atoms with E-state index in [2.05, 4.69) is 31.7 Å². The first-order valence-electron chi connectivity index (χ1n) is 6.59. The Labute approximate surface area is 127 Å². The smallest absolute Gasteiger partial charge is 0.335 e. The van der Waals surface area contributed by atoms with Gasteiger partial charge in [-0.15, -0.1) is 11.3 Å². The van der Waals surface area contributed by atoms with Crippen LogP contribution in [0, 0.1) is 6.92 Å². The molecule has 0 saturated heterocycles. The number of aromatic carboxylic acids is 1. The lowest BCUT2D eigenvalue weighted by atomic mass is 10.0. The zero-order chi connectivity index (χ0) is 15.0. The fourth-order valence-corrected chi connectivity index (χ4v) is 3.46. The van der Waals surface area contributed by atoms with Crippen LogP contribution in [0.4, 0.5) is 0 Å². The standard InChI is InChI=1S/C18H14O2S/c1-3-16-11(2)15-10-14(8-9-17(15)21-16)12-4-6-13(7-5-12)18(19)20/h3-10H,1H2,2H3,(H,19,20). The Morgan fingerprint density at radius 3 is 2.43 bits per heavy atom. The van der Waals surface area contributed by atoms with Gasteiger partial charge in [0.2, 0.25) is 0 Å². The fraction of sp³-hybridized carbons (Fsp3) is 0.0556. The predicted molar refractivity (Wildman–Crippen MR) is 89.0 cm³/mol. The molecular formula is C18H14O2S. The molecule has 2 nitrogen and oxygen atoms in total. The minimum atomic E-state index is -0.902. The lowest BCUT2D eigenvalue weighted by molar-refractivity contribution is 0.0697. The number of carbonyl (C=O) groups is 1. The maximum Gasteiger partial charge on any atom is 0.335 e. The third-order valence-corrected chi connectivity index (χ3v) is 4.89. The number of aryl methyl sites for hydroxylation is 1. The molecule has 0 aliphatic heterocycles. The van der Waals surface area contributed by atoms with E-state index >= 15 is 0 Å². The van der Waals surface area contributed by atoms with Gasteiger partial charge in [0.15, 0.2) is 0 Å². The fourth-order valence-electron chi connectivity index (χ4n) is 2.42. The van der Waals surface area contributed by atoms with Crippen LogP contribution in [0.3, 0.4) is 0 Å². The lowest BCUT2D eigenvalue weighted by Crippen LogP contribution is -1.94. The van der Waals surface area contributed by atoms with Gasteiger partial charge >= 0.3 is 5.97 Å². The van der Waals surface area contributed by atoms with Crippen LogP contribution in [0.2, 0.25) is 0 Å². The number of hydrogen-bond donors (Lipinski definition) is 1. The number of rotatable bonds is 3. The zero-order valence-electron chi connectivity index (χ0n) is 11.6. The highest BCUT2D eigenvalue weighted by Gasteiger charge is 2.08. The third-order valence-electron chi connectivity index (χ3n) is 3.62. The Balaban J connectivity index is 2.10. The molecule has 0 bridgehead atoms. The molecule has 1 heterocycles. The zero-order valence-corrected chi connectivity index (χ0v) is 12.4. The summed E-state index contributed by atoms with van der Waals surface area (Å²) in [5.74, 6) is -0.902. The van der Waals surface area contributed by atoms with E-state index < -0.39 is 5.97 Å². The monoisotopic (exact) mass is 294 g/mol. The van der Waals surface area contributed by atoms with Gasteiger partial charge in [0, 0.05) is 9.58 Å². The quantitative estimate of drug-likeness (QED) is 0.719. The second kappa shape index (κ2) is 5.19. The molecule has 3 rings (SSSR count). The van der Waals surface area contributed by atoms with E-state index in [-0.39, 0.29) is 0 Å². The summed E-state index contributed by atoms with van der Waals surface area (Å²) in [5, 5.41) is 10.2. The van der Waals surface area contributed by atoms with Gasteiger partial charge in [-0.3, -0.25) is 0 Å². The van der Waals surface area contributed by atoms with E-state index in [9.17, 15) is 4.79 Å². The van der Waals surface area contributed by atoms with Gasteiger partial charge in [-0.2, -0.15) is 0 Å². The Hall–Kier alpha value is -2.39. The Kier molecular flexibility index (Phi) is 3.35. The Morgan fingerprint density at radius 2 is 1.81 bits per heavy atom. The normalized spacial score (nSPS) is 10.7. The molecule has 21 heavy (non-hydrogen) atoms. The van der Waals surface area contributed by atoms with E-state index in [0.29, 0.717) is 5.56 Å². The van der Waals surface area contributed by atoms with Crippen LogP contribution < -0.4 is 0 Å². The van der Waals surface area contributed by atoms with E-state index in [1.54, 1.807) is 23.5 Å². The predicted octanol–water partition coefficient (Wildman–Crippen LogP) is 5.22. The van der Waals surface area contributed by atoms with E-state index in [1.807, 2.05) is 18.2 Å². The molecule has 0 fully saturated rings. The van der Waals surface area contributed by atoms with Crippen molar-refractivity contribution >= 4 is 33.5 Å². The third kappa shape index (κ3) is 2.36. The first kappa shape index (κ1) is 13.6. The topological polar surface area (TPSA) is 37.3 Å². The molecule has 3 aromatic rings. The Morgan fingerprint density at radius 1 is 1.14 bits per heavy atom. The van der Waals surface area contributed by atoms with Gasteiger partial charge in [-0.25, -0.2) is 4.79 Å². The molecule has 0 radical (unpaired) electrons. The average Bonchev–Trinajstić information content (AvgIpc) is 2.83. The number of fused-ring (bicyclic) bond motifs is 1. The van der Waals surface area contributed by atoms with Crippen LogP contribution in [0.1, 0.15) is 20.8 Å². The van der Waals surface area contributed by atoms with Crippen molar-refractivity contribution in [1.29, 1.82) is 0 Å². The molecule has 104 valence electrons. The van der Waals surface area contributed by atoms with Crippen molar-refractivity contribution in [1.82, 2.24) is 0 Å². The SMILES string of the molecule is C=Cc1sc2ccc(-c3ccc(C(=O)O)cc3)cc2c1C. The summed E-state index contributed by atoms with van der Waals surface area (Å²) in [4.78, 5) is 12.1. The highest BCUT2D eigenvalue weighted by Crippen LogP contribution is 2.34. The molecule has 2 aromatic carbocycles. The number of benzene rings is 2. The molecule has 0 atom stereocenters. The van der Waals surface area contributed by atoms with Gasteiger partial charge in [0.1, 0.15) is 0 Å². The van der Waals surface area contributed by atoms with Crippen LogP contribution >= 0.6 is 11.3 Å². The van der Waals surface area contributed by atoms with Gasteiger partial charge in [0.25, 0.3) is 0 Å². The van der Waals surface area contributed by atoms with Crippen molar-refractivity contribution in [3.05, 3.63) is 65.0 Å². The summed E-state index contributed by atoms with van der Waals surface area (Å²) >= 11 is 1.74. The van der Waals surface area contributed by atoms with E-state index in [0.717, 1.165) is 11.1 Å². The summed E-state index contributed by atoms with van der Waals surface area (Å²) in [6, 6.07) is 13.3. The van der Waals surface area contributed by atoms with Gasteiger partial charge in [-0.05, 0) is 53.3 Å². The van der Waals surface area contributed by atoms with Gasteiger partial charge in [0.05, 0.1) is 5.56 Å². The van der Waals surface area contributed by atoms with Crippen molar-refractivity contribution < 1.29 is 9.90 Å². The molecule has 3 heteroatoms. The number of carboxylic acid groups (broad SMARTS) is 1. The maximum absolute atomic E-state index is 10.9. The van der Waals surface area contributed by atoms with E-state index in [1.165, 1.54) is 20.5 Å². The van der Waals surface area contributed by atoms with Crippen LogP contribution in [0.15, 0.2) is 49.0 Å².